The fourth-order valence-corrected chi connectivity index (χ4v) is 2.48. The van der Waals surface area contributed by atoms with Crippen molar-refractivity contribution < 1.29 is 4.79 Å². The number of benzene rings is 2. The van der Waals surface area contributed by atoms with Crippen molar-refractivity contribution in [3.63, 3.8) is 0 Å². The molecule has 0 aliphatic carbocycles. The first-order valence-electron chi connectivity index (χ1n) is 7.36. The summed E-state index contributed by atoms with van der Waals surface area (Å²) in [4.78, 5) is 11.9. The minimum Gasteiger partial charge on any atom is -0.376 e. The Bertz CT molecular complexity index is 724. The van der Waals surface area contributed by atoms with Crippen molar-refractivity contribution in [3.05, 3.63) is 63.6 Å². The largest absolute Gasteiger partial charge is 0.376 e. The minimum absolute atomic E-state index is 0.172. The molecular weight excluding hydrogens is 354 g/mol. The van der Waals surface area contributed by atoms with Crippen molar-refractivity contribution in [2.45, 2.75) is 20.8 Å². The normalized spacial score (nSPS) is 11.2. The van der Waals surface area contributed by atoms with Crippen LogP contribution in [0.3, 0.4) is 0 Å². The van der Waals surface area contributed by atoms with Gasteiger partial charge in [-0.15, -0.1) is 0 Å². The number of rotatable bonds is 5. The van der Waals surface area contributed by atoms with Crippen LogP contribution in [0.5, 0.6) is 0 Å². The van der Waals surface area contributed by atoms with Crippen molar-refractivity contribution in [2.24, 2.45) is 5.10 Å². The molecule has 0 aliphatic rings. The van der Waals surface area contributed by atoms with Crippen molar-refractivity contribution >= 4 is 33.2 Å². The van der Waals surface area contributed by atoms with E-state index in [4.69, 9.17) is 0 Å². The SMILES string of the molecule is C/C(=N/NC(=O)CNc1ccc(Br)cc1)c1ccc(C)cc1C. The van der Waals surface area contributed by atoms with Gasteiger partial charge < -0.3 is 5.32 Å². The van der Waals surface area contributed by atoms with Crippen LogP contribution in [0.1, 0.15) is 23.6 Å². The molecule has 0 aliphatic heterocycles. The van der Waals surface area contributed by atoms with Gasteiger partial charge in [0, 0.05) is 15.7 Å². The van der Waals surface area contributed by atoms with Gasteiger partial charge in [0.05, 0.1) is 12.3 Å². The summed E-state index contributed by atoms with van der Waals surface area (Å²) in [5.74, 6) is -0.183. The van der Waals surface area contributed by atoms with E-state index in [1.165, 1.54) is 5.56 Å². The molecule has 0 fully saturated rings. The number of nitrogens with one attached hydrogen (secondary N) is 2. The lowest BCUT2D eigenvalue weighted by Crippen LogP contribution is -2.26. The highest BCUT2D eigenvalue weighted by Crippen LogP contribution is 2.14. The number of carbonyl (C=O) groups is 1. The third-order valence-corrected chi connectivity index (χ3v) is 3.95. The van der Waals surface area contributed by atoms with Gasteiger partial charge >= 0.3 is 0 Å². The lowest BCUT2D eigenvalue weighted by molar-refractivity contribution is -0.119. The number of hydrogen-bond acceptors (Lipinski definition) is 3. The van der Waals surface area contributed by atoms with Gasteiger partial charge in [-0.1, -0.05) is 39.7 Å². The third-order valence-electron chi connectivity index (χ3n) is 3.42. The molecule has 0 saturated heterocycles. The Labute approximate surface area is 145 Å². The van der Waals surface area contributed by atoms with E-state index in [0.29, 0.717) is 0 Å². The molecule has 1 amide bonds. The molecule has 23 heavy (non-hydrogen) atoms. The first-order chi connectivity index (χ1) is 11.0. The van der Waals surface area contributed by atoms with Crippen molar-refractivity contribution in [2.75, 3.05) is 11.9 Å². The van der Waals surface area contributed by atoms with Gasteiger partial charge in [-0.3, -0.25) is 4.79 Å². The Balaban J connectivity index is 1.90. The van der Waals surface area contributed by atoms with Gasteiger partial charge in [0.2, 0.25) is 0 Å². The predicted molar refractivity (Wildman–Crippen MR) is 98.9 cm³/mol. The second-order valence-electron chi connectivity index (χ2n) is 5.41. The molecule has 2 aromatic rings. The zero-order chi connectivity index (χ0) is 16.8. The van der Waals surface area contributed by atoms with Crippen LogP contribution < -0.4 is 10.7 Å². The van der Waals surface area contributed by atoms with E-state index in [0.717, 1.165) is 27.0 Å². The van der Waals surface area contributed by atoms with Crippen LogP contribution in [0.2, 0.25) is 0 Å². The summed E-state index contributed by atoms with van der Waals surface area (Å²) in [5.41, 5.74) is 7.66. The highest BCUT2D eigenvalue weighted by Gasteiger charge is 2.04. The van der Waals surface area contributed by atoms with Crippen LogP contribution in [0, 0.1) is 13.8 Å². The molecule has 0 radical (unpaired) electrons. The fourth-order valence-electron chi connectivity index (χ4n) is 2.22. The summed E-state index contributed by atoms with van der Waals surface area (Å²) in [5, 5.41) is 7.23. The molecule has 0 bridgehead atoms. The Hall–Kier alpha value is -2.14. The number of nitrogens with zero attached hydrogens (tertiary/aromatic N) is 1. The summed E-state index contributed by atoms with van der Waals surface area (Å²) in [6.45, 7) is 6.16. The lowest BCUT2D eigenvalue weighted by Gasteiger charge is -2.08. The molecule has 0 saturated carbocycles. The fraction of sp³-hybridized carbons (Fsp3) is 0.222. The van der Waals surface area contributed by atoms with E-state index in [1.54, 1.807) is 0 Å². The molecule has 4 nitrogen and oxygen atoms in total. The van der Waals surface area contributed by atoms with Crippen LogP contribution in [0.25, 0.3) is 0 Å². The van der Waals surface area contributed by atoms with Crippen molar-refractivity contribution in [1.29, 1.82) is 0 Å². The standard InChI is InChI=1S/C18H20BrN3O/c1-12-4-9-17(13(2)10-12)14(3)21-22-18(23)11-20-16-7-5-15(19)6-8-16/h4-10,20H,11H2,1-3H3,(H,22,23)/b21-14-. The zero-order valence-electron chi connectivity index (χ0n) is 13.5. The molecule has 0 spiro atoms. The number of aryl methyl sites for hydroxylation is 2. The average Bonchev–Trinajstić information content (AvgIpc) is 2.52. The molecule has 2 N–H and O–H groups in total. The molecule has 0 atom stereocenters. The highest BCUT2D eigenvalue weighted by molar-refractivity contribution is 9.10. The first-order valence-corrected chi connectivity index (χ1v) is 8.15. The second-order valence-corrected chi connectivity index (χ2v) is 6.33. The lowest BCUT2D eigenvalue weighted by atomic mass is 10.0. The van der Waals surface area contributed by atoms with Gasteiger partial charge in [-0.2, -0.15) is 5.10 Å². The molecule has 0 heterocycles. The van der Waals surface area contributed by atoms with E-state index >= 15 is 0 Å². The first kappa shape index (κ1) is 17.2. The van der Waals surface area contributed by atoms with Crippen LogP contribution in [0.4, 0.5) is 5.69 Å². The zero-order valence-corrected chi connectivity index (χ0v) is 15.1. The molecule has 0 unspecified atom stereocenters. The Morgan fingerprint density at radius 1 is 1.13 bits per heavy atom. The van der Waals surface area contributed by atoms with E-state index in [2.05, 4.69) is 44.8 Å². The maximum Gasteiger partial charge on any atom is 0.259 e. The van der Waals surface area contributed by atoms with Crippen molar-refractivity contribution in [1.82, 2.24) is 5.43 Å². The second kappa shape index (κ2) is 7.92. The quantitative estimate of drug-likeness (QED) is 0.614. The summed E-state index contributed by atoms with van der Waals surface area (Å²) in [7, 11) is 0. The average molecular weight is 374 g/mol. The highest BCUT2D eigenvalue weighted by atomic mass is 79.9. The number of halogens is 1. The topological polar surface area (TPSA) is 53.5 Å². The summed E-state index contributed by atoms with van der Waals surface area (Å²) < 4.78 is 1.00. The van der Waals surface area contributed by atoms with E-state index in [9.17, 15) is 4.79 Å². The van der Waals surface area contributed by atoms with E-state index < -0.39 is 0 Å². The van der Waals surface area contributed by atoms with Crippen molar-refractivity contribution in [3.8, 4) is 0 Å². The van der Waals surface area contributed by atoms with Gasteiger partial charge in [-0.05, 0) is 50.6 Å². The van der Waals surface area contributed by atoms with Crippen LogP contribution in [0.15, 0.2) is 52.0 Å². The van der Waals surface area contributed by atoms with Gasteiger partial charge in [0.1, 0.15) is 0 Å². The minimum atomic E-state index is -0.183. The Morgan fingerprint density at radius 3 is 2.48 bits per heavy atom. The summed E-state index contributed by atoms with van der Waals surface area (Å²) >= 11 is 3.37. The number of amides is 1. The smallest absolute Gasteiger partial charge is 0.259 e. The van der Waals surface area contributed by atoms with Crippen LogP contribution in [-0.2, 0) is 4.79 Å². The Kier molecular flexibility index (Phi) is 5.93. The van der Waals surface area contributed by atoms with Crippen LogP contribution >= 0.6 is 15.9 Å². The van der Waals surface area contributed by atoms with Gasteiger partial charge in [-0.25, -0.2) is 5.43 Å². The third kappa shape index (κ3) is 5.21. The summed E-state index contributed by atoms with van der Waals surface area (Å²) in [6.07, 6.45) is 0. The monoisotopic (exact) mass is 373 g/mol. The molecule has 5 heteroatoms. The number of hydrazone groups is 1. The Morgan fingerprint density at radius 2 is 1.83 bits per heavy atom. The molecule has 2 rings (SSSR count). The van der Waals surface area contributed by atoms with E-state index in [1.807, 2.05) is 50.2 Å². The number of anilines is 1. The molecule has 120 valence electrons. The predicted octanol–water partition coefficient (Wildman–Crippen LogP) is 4.02. The molecule has 0 aromatic heterocycles. The van der Waals surface area contributed by atoms with Gasteiger partial charge in [0.15, 0.2) is 0 Å². The molecular formula is C18H20BrN3O. The van der Waals surface area contributed by atoms with Gasteiger partial charge in [0.25, 0.3) is 5.91 Å². The van der Waals surface area contributed by atoms with E-state index in [-0.39, 0.29) is 12.5 Å². The molecule has 2 aromatic carbocycles. The summed E-state index contributed by atoms with van der Waals surface area (Å²) in [6, 6.07) is 13.8. The maximum atomic E-state index is 11.9. The van der Waals surface area contributed by atoms with Crippen LogP contribution in [-0.4, -0.2) is 18.2 Å². The number of hydrogen-bond donors (Lipinski definition) is 2. The number of carbonyl (C=O) groups excluding carboxylic acids is 1. The maximum absolute atomic E-state index is 11.9.